The number of hydrogen-bond acceptors (Lipinski definition) is 6. The van der Waals surface area contributed by atoms with E-state index in [1.54, 1.807) is 31.2 Å². The maximum Gasteiger partial charge on any atom is 0.341 e. The van der Waals surface area contributed by atoms with Crippen LogP contribution >= 0.6 is 11.3 Å². The molecular weight excluding hydrogens is 434 g/mol. The first kappa shape index (κ1) is 23.5. The fourth-order valence-electron chi connectivity index (χ4n) is 3.73. The third kappa shape index (κ3) is 5.95. The lowest BCUT2D eigenvalue weighted by atomic mass is 10.1. The summed E-state index contributed by atoms with van der Waals surface area (Å²) in [5, 5.41) is 3.37. The average molecular weight is 464 g/mol. The van der Waals surface area contributed by atoms with Gasteiger partial charge in [-0.3, -0.25) is 4.79 Å². The van der Waals surface area contributed by atoms with Gasteiger partial charge < -0.3 is 10.1 Å². The molecule has 0 spiro atoms. The van der Waals surface area contributed by atoms with Gasteiger partial charge in [0, 0.05) is 11.3 Å². The summed E-state index contributed by atoms with van der Waals surface area (Å²) in [6.45, 7) is 3.93. The van der Waals surface area contributed by atoms with Gasteiger partial charge in [0.2, 0.25) is 5.91 Å². The molecule has 6 nitrogen and oxygen atoms in total. The molecule has 0 bridgehead atoms. The van der Waals surface area contributed by atoms with Crippen LogP contribution in [0.15, 0.2) is 29.2 Å². The number of hydrogen-bond donors (Lipinski definition) is 1. The van der Waals surface area contributed by atoms with Crippen LogP contribution < -0.4 is 5.32 Å². The van der Waals surface area contributed by atoms with Crippen molar-refractivity contribution >= 4 is 38.1 Å². The Kier molecular flexibility index (Phi) is 7.89. The molecule has 8 heteroatoms. The number of carbonyl (C=O) groups is 2. The Hall–Kier alpha value is -2.19. The van der Waals surface area contributed by atoms with E-state index < -0.39 is 15.8 Å². The first-order chi connectivity index (χ1) is 14.8. The second kappa shape index (κ2) is 10.4. The van der Waals surface area contributed by atoms with E-state index in [-0.39, 0.29) is 36.0 Å². The highest BCUT2D eigenvalue weighted by Crippen LogP contribution is 2.38. The van der Waals surface area contributed by atoms with Crippen LogP contribution in [-0.4, -0.2) is 32.7 Å². The maximum atomic E-state index is 12.6. The van der Waals surface area contributed by atoms with Crippen LogP contribution in [0.4, 0.5) is 5.00 Å². The summed E-state index contributed by atoms with van der Waals surface area (Å²) in [4.78, 5) is 26.5. The number of benzene rings is 1. The molecule has 1 amide bonds. The van der Waals surface area contributed by atoms with Gasteiger partial charge in [-0.1, -0.05) is 24.1 Å². The van der Waals surface area contributed by atoms with Gasteiger partial charge in [0.05, 0.1) is 22.8 Å². The van der Waals surface area contributed by atoms with Gasteiger partial charge in [-0.05, 0) is 63.6 Å². The van der Waals surface area contributed by atoms with Crippen LogP contribution in [0.2, 0.25) is 0 Å². The molecule has 0 saturated carbocycles. The van der Waals surface area contributed by atoms with Crippen molar-refractivity contribution in [1.82, 2.24) is 0 Å². The van der Waals surface area contributed by atoms with Crippen LogP contribution in [0.5, 0.6) is 0 Å². The fraction of sp³-hybridized carbons (Fsp3) is 0.478. The third-order valence-corrected chi connectivity index (χ3v) is 8.37. The van der Waals surface area contributed by atoms with Gasteiger partial charge in [-0.2, -0.15) is 0 Å². The predicted molar refractivity (Wildman–Crippen MR) is 123 cm³/mol. The lowest BCUT2D eigenvalue weighted by molar-refractivity contribution is -0.116. The van der Waals surface area contributed by atoms with Gasteiger partial charge in [-0.15, -0.1) is 11.3 Å². The number of aryl methyl sites for hydroxylation is 2. The smallest absolute Gasteiger partial charge is 0.341 e. The van der Waals surface area contributed by atoms with Crippen LogP contribution in [0.3, 0.4) is 0 Å². The van der Waals surface area contributed by atoms with Crippen molar-refractivity contribution in [2.75, 3.05) is 17.7 Å². The minimum absolute atomic E-state index is 0.0654. The summed E-state index contributed by atoms with van der Waals surface area (Å²) in [6, 6.07) is 6.71. The molecule has 1 aliphatic carbocycles. The van der Waals surface area contributed by atoms with Gasteiger partial charge in [-0.25, -0.2) is 13.2 Å². The molecule has 0 fully saturated rings. The van der Waals surface area contributed by atoms with E-state index in [4.69, 9.17) is 4.74 Å². The molecular formula is C23H29NO5S2. The lowest BCUT2D eigenvalue weighted by Gasteiger charge is -2.09. The molecule has 0 atom stereocenters. The number of amides is 1. The molecule has 0 unspecified atom stereocenters. The molecule has 2 aromatic rings. The predicted octanol–water partition coefficient (Wildman–Crippen LogP) is 4.69. The third-order valence-electron chi connectivity index (χ3n) is 5.35. The van der Waals surface area contributed by atoms with Crippen molar-refractivity contribution in [2.45, 2.75) is 63.7 Å². The monoisotopic (exact) mass is 463 g/mol. The quantitative estimate of drug-likeness (QED) is 0.453. The Labute approximate surface area is 187 Å². The number of sulfone groups is 1. The fourth-order valence-corrected chi connectivity index (χ4v) is 6.33. The van der Waals surface area contributed by atoms with Crippen molar-refractivity contribution in [1.29, 1.82) is 0 Å². The topological polar surface area (TPSA) is 89.5 Å². The van der Waals surface area contributed by atoms with Crippen molar-refractivity contribution in [2.24, 2.45) is 0 Å². The van der Waals surface area contributed by atoms with E-state index in [0.717, 1.165) is 48.1 Å². The SMILES string of the molecule is CCOC(=O)c1c(NC(=O)CCCS(=O)(=O)c2ccc(C)cc2)sc2c1CCCCC2. The molecule has 1 aliphatic rings. The Bertz CT molecular complexity index is 1040. The zero-order valence-electron chi connectivity index (χ0n) is 18.0. The average Bonchev–Trinajstić information content (AvgIpc) is 2.88. The van der Waals surface area contributed by atoms with Gasteiger partial charge in [0.1, 0.15) is 5.00 Å². The number of anilines is 1. The normalized spacial score (nSPS) is 13.9. The molecule has 1 aromatic carbocycles. The summed E-state index contributed by atoms with van der Waals surface area (Å²) >= 11 is 1.44. The largest absolute Gasteiger partial charge is 0.462 e. The Morgan fingerprint density at radius 1 is 1.10 bits per heavy atom. The molecule has 0 saturated heterocycles. The maximum absolute atomic E-state index is 12.6. The Morgan fingerprint density at radius 2 is 1.81 bits per heavy atom. The highest BCUT2D eigenvalue weighted by Gasteiger charge is 2.26. The minimum Gasteiger partial charge on any atom is -0.462 e. The molecule has 0 aliphatic heterocycles. The first-order valence-electron chi connectivity index (χ1n) is 10.7. The van der Waals surface area contributed by atoms with Crippen molar-refractivity contribution in [3.63, 3.8) is 0 Å². The zero-order valence-corrected chi connectivity index (χ0v) is 19.7. The molecule has 1 aromatic heterocycles. The summed E-state index contributed by atoms with van der Waals surface area (Å²) in [6.07, 6.45) is 5.20. The minimum atomic E-state index is -3.43. The number of carbonyl (C=O) groups excluding carboxylic acids is 2. The van der Waals surface area contributed by atoms with Crippen LogP contribution in [0.25, 0.3) is 0 Å². The summed E-state index contributed by atoms with van der Waals surface area (Å²) in [5.74, 6) is -0.796. The number of rotatable bonds is 8. The van der Waals surface area contributed by atoms with Gasteiger partial charge in [0.25, 0.3) is 0 Å². The molecule has 1 N–H and O–H groups in total. The second-order valence-corrected chi connectivity index (χ2v) is 11.0. The van der Waals surface area contributed by atoms with Crippen molar-refractivity contribution < 1.29 is 22.7 Å². The second-order valence-electron chi connectivity index (χ2n) is 7.77. The number of esters is 1. The lowest BCUT2D eigenvalue weighted by Crippen LogP contribution is -2.16. The standard InChI is InChI=1S/C23H29NO5S2/c1-3-29-23(26)21-18-8-5-4-6-9-19(18)30-22(21)24-20(25)10-7-15-31(27,28)17-13-11-16(2)12-14-17/h11-14H,3-10,15H2,1-2H3,(H,24,25). The van der Waals surface area contributed by atoms with Crippen LogP contribution in [0, 0.1) is 6.92 Å². The molecule has 0 radical (unpaired) electrons. The number of thiophene rings is 1. The summed E-state index contributed by atoms with van der Waals surface area (Å²) in [7, 11) is -3.43. The highest BCUT2D eigenvalue weighted by molar-refractivity contribution is 7.91. The van der Waals surface area contributed by atoms with E-state index in [0.29, 0.717) is 10.6 Å². The number of nitrogens with one attached hydrogen (secondary N) is 1. The molecule has 1 heterocycles. The van der Waals surface area contributed by atoms with Crippen molar-refractivity contribution in [3.8, 4) is 0 Å². The Balaban J connectivity index is 1.66. The molecule has 3 rings (SSSR count). The van der Waals surface area contributed by atoms with Crippen LogP contribution in [0.1, 0.15) is 65.4 Å². The summed E-state index contributed by atoms with van der Waals surface area (Å²) < 4.78 is 30.2. The molecule has 168 valence electrons. The number of ether oxygens (including phenoxy) is 1. The van der Waals surface area contributed by atoms with E-state index in [1.165, 1.54) is 11.3 Å². The van der Waals surface area contributed by atoms with Gasteiger partial charge >= 0.3 is 5.97 Å². The number of fused-ring (bicyclic) bond motifs is 1. The highest BCUT2D eigenvalue weighted by atomic mass is 32.2. The van der Waals surface area contributed by atoms with E-state index in [9.17, 15) is 18.0 Å². The zero-order chi connectivity index (χ0) is 22.4. The first-order valence-corrected chi connectivity index (χ1v) is 13.2. The van der Waals surface area contributed by atoms with E-state index in [2.05, 4.69) is 5.32 Å². The van der Waals surface area contributed by atoms with Crippen molar-refractivity contribution in [3.05, 3.63) is 45.8 Å². The van der Waals surface area contributed by atoms with E-state index in [1.807, 2.05) is 6.92 Å². The van der Waals surface area contributed by atoms with E-state index >= 15 is 0 Å². The summed E-state index contributed by atoms with van der Waals surface area (Å²) in [5.41, 5.74) is 2.47. The van der Waals surface area contributed by atoms with Gasteiger partial charge in [0.15, 0.2) is 9.84 Å². The van der Waals surface area contributed by atoms with Crippen LogP contribution in [-0.2, 0) is 32.2 Å². The molecule has 31 heavy (non-hydrogen) atoms. The Morgan fingerprint density at radius 3 is 2.52 bits per heavy atom.